The van der Waals surface area contributed by atoms with Gasteiger partial charge in [-0.25, -0.2) is 0 Å². The molecular formula is C20H23NO3. The van der Waals surface area contributed by atoms with E-state index in [9.17, 15) is 4.79 Å². The molecular weight excluding hydrogens is 302 g/mol. The Kier molecular flexibility index (Phi) is 5.14. The first-order chi connectivity index (χ1) is 11.6. The average Bonchev–Trinajstić information content (AvgIpc) is 3.38. The van der Waals surface area contributed by atoms with E-state index in [2.05, 4.69) is 4.98 Å². The monoisotopic (exact) mass is 325 g/mol. The van der Waals surface area contributed by atoms with Crippen LogP contribution in [0, 0.1) is 11.8 Å². The van der Waals surface area contributed by atoms with Crippen LogP contribution < -0.4 is 4.74 Å². The third-order valence-electron chi connectivity index (χ3n) is 4.24. The number of carbonyl (C=O) groups excluding carboxylic acids is 1. The van der Waals surface area contributed by atoms with Crippen molar-refractivity contribution in [3.63, 3.8) is 0 Å². The van der Waals surface area contributed by atoms with Gasteiger partial charge in [-0.05, 0) is 29.5 Å². The number of nitrogens with zero attached hydrogens (tertiary/aromatic N) is 1. The predicted octanol–water partition coefficient (Wildman–Crippen LogP) is 3.96. The number of carbonyl (C=O) groups is 1. The summed E-state index contributed by atoms with van der Waals surface area (Å²) < 4.78 is 11.2. The van der Waals surface area contributed by atoms with Crippen molar-refractivity contribution < 1.29 is 14.3 Å². The summed E-state index contributed by atoms with van der Waals surface area (Å²) >= 11 is 0. The largest absolute Gasteiger partial charge is 0.487 e. The number of hydrogen-bond donors (Lipinski definition) is 0. The maximum absolute atomic E-state index is 11.5. The van der Waals surface area contributed by atoms with E-state index in [1.807, 2.05) is 56.4 Å². The standard InChI is InChI=1S/C20H23NO3/c1-14(2)20(22)24-13-17-9-19(17)16-8-18(11-21-10-16)23-12-15-6-4-3-5-7-15/h3-8,10-11,14,17,19H,9,12-13H2,1-2H3/t17-,19+/m0/s1. The van der Waals surface area contributed by atoms with Crippen molar-refractivity contribution in [3.8, 4) is 5.75 Å². The van der Waals surface area contributed by atoms with E-state index in [1.165, 1.54) is 0 Å². The van der Waals surface area contributed by atoms with Crippen LogP contribution in [0.5, 0.6) is 5.75 Å². The SMILES string of the molecule is CC(C)C(=O)OC[C@@H]1C[C@@H]1c1cncc(OCc2ccccc2)c1. The highest BCUT2D eigenvalue weighted by Crippen LogP contribution is 2.47. The summed E-state index contributed by atoms with van der Waals surface area (Å²) in [5, 5.41) is 0. The first-order valence-electron chi connectivity index (χ1n) is 8.42. The summed E-state index contributed by atoms with van der Waals surface area (Å²) in [6.07, 6.45) is 4.65. The minimum absolute atomic E-state index is 0.0708. The van der Waals surface area contributed by atoms with Crippen molar-refractivity contribution in [1.29, 1.82) is 0 Å². The van der Waals surface area contributed by atoms with Crippen molar-refractivity contribution in [3.05, 3.63) is 59.9 Å². The molecule has 1 heterocycles. The zero-order valence-electron chi connectivity index (χ0n) is 14.1. The molecule has 24 heavy (non-hydrogen) atoms. The molecule has 2 aromatic rings. The average molecular weight is 325 g/mol. The van der Waals surface area contributed by atoms with Crippen LogP contribution in [0.1, 0.15) is 37.3 Å². The Hall–Kier alpha value is -2.36. The Labute approximate surface area is 142 Å². The molecule has 4 heteroatoms. The fraction of sp³-hybridized carbons (Fsp3) is 0.400. The zero-order valence-corrected chi connectivity index (χ0v) is 14.1. The highest BCUT2D eigenvalue weighted by Gasteiger charge is 2.39. The van der Waals surface area contributed by atoms with E-state index in [1.54, 1.807) is 6.20 Å². The summed E-state index contributed by atoms with van der Waals surface area (Å²) in [4.78, 5) is 15.8. The Morgan fingerprint density at radius 2 is 2.04 bits per heavy atom. The molecule has 0 spiro atoms. The summed E-state index contributed by atoms with van der Waals surface area (Å²) in [5.74, 6) is 1.40. The first-order valence-corrected chi connectivity index (χ1v) is 8.42. The van der Waals surface area contributed by atoms with Crippen molar-refractivity contribution in [1.82, 2.24) is 4.98 Å². The third kappa shape index (κ3) is 4.34. The van der Waals surface area contributed by atoms with Crippen LogP contribution in [0.3, 0.4) is 0 Å². The lowest BCUT2D eigenvalue weighted by Crippen LogP contribution is -2.13. The molecule has 1 aliphatic carbocycles. The fourth-order valence-corrected chi connectivity index (χ4v) is 2.65. The maximum atomic E-state index is 11.5. The number of ether oxygens (including phenoxy) is 2. The molecule has 0 aliphatic heterocycles. The molecule has 0 amide bonds. The summed E-state index contributed by atoms with van der Waals surface area (Å²) in [5.41, 5.74) is 2.29. The van der Waals surface area contributed by atoms with Gasteiger partial charge in [-0.15, -0.1) is 0 Å². The summed E-state index contributed by atoms with van der Waals surface area (Å²) in [6.45, 7) is 4.73. The Bertz CT molecular complexity index is 684. The lowest BCUT2D eigenvalue weighted by molar-refractivity contribution is -0.147. The molecule has 2 atom stereocenters. The normalized spacial score (nSPS) is 19.1. The third-order valence-corrected chi connectivity index (χ3v) is 4.24. The number of esters is 1. The van der Waals surface area contributed by atoms with Crippen LogP contribution in [0.2, 0.25) is 0 Å². The van der Waals surface area contributed by atoms with Crippen molar-refractivity contribution >= 4 is 5.97 Å². The maximum Gasteiger partial charge on any atom is 0.308 e. The number of rotatable bonds is 7. The van der Waals surface area contributed by atoms with E-state index in [4.69, 9.17) is 9.47 Å². The van der Waals surface area contributed by atoms with E-state index >= 15 is 0 Å². The smallest absolute Gasteiger partial charge is 0.308 e. The van der Waals surface area contributed by atoms with Crippen molar-refractivity contribution in [2.45, 2.75) is 32.8 Å². The Morgan fingerprint density at radius 1 is 1.25 bits per heavy atom. The number of hydrogen-bond acceptors (Lipinski definition) is 4. The lowest BCUT2D eigenvalue weighted by atomic mass is 10.1. The molecule has 0 saturated heterocycles. The molecule has 0 bridgehead atoms. The van der Waals surface area contributed by atoms with Crippen molar-refractivity contribution in [2.24, 2.45) is 11.8 Å². The Balaban J connectivity index is 1.52. The van der Waals surface area contributed by atoms with Crippen molar-refractivity contribution in [2.75, 3.05) is 6.61 Å². The molecule has 126 valence electrons. The van der Waals surface area contributed by atoms with Crippen LogP contribution in [-0.4, -0.2) is 17.6 Å². The molecule has 1 aromatic heterocycles. The van der Waals surface area contributed by atoms with Gasteiger partial charge in [0.25, 0.3) is 0 Å². The van der Waals surface area contributed by atoms with Crippen LogP contribution >= 0.6 is 0 Å². The predicted molar refractivity (Wildman–Crippen MR) is 91.7 cm³/mol. The second-order valence-corrected chi connectivity index (χ2v) is 6.62. The highest BCUT2D eigenvalue weighted by molar-refractivity contribution is 5.71. The number of benzene rings is 1. The lowest BCUT2D eigenvalue weighted by Gasteiger charge is -2.08. The van der Waals surface area contributed by atoms with Crippen LogP contribution in [0.25, 0.3) is 0 Å². The Morgan fingerprint density at radius 3 is 2.79 bits per heavy atom. The van der Waals surface area contributed by atoms with Crippen LogP contribution in [0.15, 0.2) is 48.8 Å². The second kappa shape index (κ2) is 7.47. The molecule has 3 rings (SSSR count). The minimum Gasteiger partial charge on any atom is -0.487 e. The molecule has 1 aromatic carbocycles. The topological polar surface area (TPSA) is 48.4 Å². The summed E-state index contributed by atoms with van der Waals surface area (Å²) in [7, 11) is 0. The van der Waals surface area contributed by atoms with Gasteiger partial charge in [0.15, 0.2) is 0 Å². The van der Waals surface area contributed by atoms with E-state index in [-0.39, 0.29) is 11.9 Å². The fourth-order valence-electron chi connectivity index (χ4n) is 2.65. The van der Waals surface area contributed by atoms with Gasteiger partial charge in [0, 0.05) is 12.1 Å². The molecule has 1 saturated carbocycles. The van der Waals surface area contributed by atoms with Gasteiger partial charge in [-0.1, -0.05) is 44.2 Å². The van der Waals surface area contributed by atoms with Gasteiger partial charge in [-0.2, -0.15) is 0 Å². The molecule has 1 aliphatic rings. The highest BCUT2D eigenvalue weighted by atomic mass is 16.5. The van der Waals surface area contributed by atoms with Gasteiger partial charge in [0.2, 0.25) is 0 Å². The van der Waals surface area contributed by atoms with E-state index in [0.717, 1.165) is 23.3 Å². The quantitative estimate of drug-likeness (QED) is 0.723. The van der Waals surface area contributed by atoms with Crippen LogP contribution in [0.4, 0.5) is 0 Å². The second-order valence-electron chi connectivity index (χ2n) is 6.62. The van der Waals surface area contributed by atoms with Gasteiger partial charge in [-0.3, -0.25) is 9.78 Å². The van der Waals surface area contributed by atoms with Gasteiger partial charge in [0.05, 0.1) is 18.7 Å². The molecule has 4 nitrogen and oxygen atoms in total. The molecule has 1 fully saturated rings. The number of pyridine rings is 1. The van der Waals surface area contributed by atoms with Gasteiger partial charge < -0.3 is 9.47 Å². The first kappa shape index (κ1) is 16.5. The van der Waals surface area contributed by atoms with Gasteiger partial charge in [0.1, 0.15) is 12.4 Å². The van der Waals surface area contributed by atoms with E-state index in [0.29, 0.717) is 25.0 Å². The van der Waals surface area contributed by atoms with E-state index < -0.39 is 0 Å². The zero-order chi connectivity index (χ0) is 16.9. The molecule has 0 radical (unpaired) electrons. The van der Waals surface area contributed by atoms with Crippen LogP contribution in [-0.2, 0) is 16.1 Å². The number of aromatic nitrogens is 1. The summed E-state index contributed by atoms with van der Waals surface area (Å²) in [6, 6.07) is 12.1. The molecule has 0 unspecified atom stereocenters. The molecule has 0 N–H and O–H groups in total. The van der Waals surface area contributed by atoms with Gasteiger partial charge >= 0.3 is 5.97 Å². The minimum atomic E-state index is -0.126.